The summed E-state index contributed by atoms with van der Waals surface area (Å²) in [5, 5.41) is 22.1. The highest BCUT2D eigenvalue weighted by Crippen LogP contribution is 2.35. The summed E-state index contributed by atoms with van der Waals surface area (Å²) in [5.41, 5.74) is 7.29. The summed E-state index contributed by atoms with van der Waals surface area (Å²) in [4.78, 5) is 19.2. The number of pyridine rings is 3. The zero-order chi connectivity index (χ0) is 30.2. The maximum absolute atomic E-state index is 14.7. The van der Waals surface area contributed by atoms with Gasteiger partial charge in [-0.1, -0.05) is 6.42 Å². The topological polar surface area (TPSA) is 128 Å². The van der Waals surface area contributed by atoms with E-state index in [9.17, 15) is 9.50 Å². The highest BCUT2D eigenvalue weighted by Gasteiger charge is 2.25. The monoisotopic (exact) mass is 592 g/mol. The first-order valence-corrected chi connectivity index (χ1v) is 14.7. The van der Waals surface area contributed by atoms with Crippen LogP contribution in [0.4, 0.5) is 10.1 Å². The maximum Gasteiger partial charge on any atom is 0.138 e. The van der Waals surface area contributed by atoms with Crippen LogP contribution < -0.4 is 10.1 Å². The number of aliphatic hydroxyl groups is 1. The maximum atomic E-state index is 14.7. The zero-order valence-electron chi connectivity index (χ0n) is 24.5. The lowest BCUT2D eigenvalue weighted by molar-refractivity contribution is 0.0851. The van der Waals surface area contributed by atoms with Crippen molar-refractivity contribution in [3.05, 3.63) is 72.9 Å². The summed E-state index contributed by atoms with van der Waals surface area (Å²) >= 11 is 0. The first-order chi connectivity index (χ1) is 21.4. The second-order valence-electron chi connectivity index (χ2n) is 11.5. The Labute approximate surface area is 253 Å². The molecule has 5 heterocycles. The van der Waals surface area contributed by atoms with Crippen LogP contribution in [0, 0.1) is 11.7 Å². The van der Waals surface area contributed by atoms with Gasteiger partial charge in [0.05, 0.1) is 28.8 Å². The average molecular weight is 593 g/mol. The highest BCUT2D eigenvalue weighted by molar-refractivity contribution is 5.99. The Balaban J connectivity index is 1.21. The number of hydrogen-bond acceptors (Lipinski definition) is 8. The van der Waals surface area contributed by atoms with Gasteiger partial charge < -0.3 is 25.0 Å². The molecule has 1 aliphatic rings. The van der Waals surface area contributed by atoms with Gasteiger partial charge in [-0.05, 0) is 80.5 Å². The largest absolute Gasteiger partial charge is 0.492 e. The van der Waals surface area contributed by atoms with Gasteiger partial charge in [0.2, 0.25) is 0 Å². The number of nitrogens with one attached hydrogen (secondary N) is 3. The van der Waals surface area contributed by atoms with Gasteiger partial charge >= 0.3 is 0 Å². The first kappa shape index (κ1) is 27.9. The molecule has 224 valence electrons. The van der Waals surface area contributed by atoms with Crippen LogP contribution in [-0.2, 0) is 0 Å². The Kier molecular flexibility index (Phi) is 7.41. The van der Waals surface area contributed by atoms with E-state index in [0.29, 0.717) is 34.8 Å². The molecule has 1 atom stereocenters. The van der Waals surface area contributed by atoms with Gasteiger partial charge in [-0.15, -0.1) is 0 Å². The van der Waals surface area contributed by atoms with Crippen molar-refractivity contribution in [3.63, 3.8) is 0 Å². The van der Waals surface area contributed by atoms with E-state index < -0.39 is 6.23 Å². The van der Waals surface area contributed by atoms with E-state index in [1.165, 1.54) is 12.1 Å². The molecule has 1 aromatic carbocycles. The van der Waals surface area contributed by atoms with Crippen LogP contribution in [-0.4, -0.2) is 73.6 Å². The molecule has 10 nitrogen and oxygen atoms in total. The molecule has 0 amide bonds. The number of aromatic nitrogens is 6. The lowest BCUT2D eigenvalue weighted by Crippen LogP contribution is -2.33. The molecule has 5 aromatic heterocycles. The van der Waals surface area contributed by atoms with Crippen molar-refractivity contribution < 1.29 is 14.2 Å². The molecule has 11 heteroatoms. The summed E-state index contributed by atoms with van der Waals surface area (Å²) in [6.07, 6.45) is 7.79. The predicted molar refractivity (Wildman–Crippen MR) is 169 cm³/mol. The van der Waals surface area contributed by atoms with E-state index >= 15 is 0 Å². The van der Waals surface area contributed by atoms with Crippen molar-refractivity contribution in [1.29, 1.82) is 0 Å². The molecule has 44 heavy (non-hydrogen) atoms. The van der Waals surface area contributed by atoms with Crippen molar-refractivity contribution in [3.8, 4) is 39.5 Å². The number of nitrogens with zero attached hydrogens (tertiary/aromatic N) is 5. The van der Waals surface area contributed by atoms with Crippen molar-refractivity contribution in [2.45, 2.75) is 25.5 Å². The number of anilines is 1. The minimum absolute atomic E-state index is 0.275. The Hall–Kier alpha value is -4.87. The highest BCUT2D eigenvalue weighted by atomic mass is 19.1. The smallest absolute Gasteiger partial charge is 0.138 e. The molecule has 0 bridgehead atoms. The number of aliphatic hydroxyl groups excluding tert-OH is 1. The number of H-pyrrole nitrogens is 2. The van der Waals surface area contributed by atoms with Gasteiger partial charge in [-0.25, -0.2) is 14.4 Å². The third-order valence-corrected chi connectivity index (χ3v) is 8.13. The summed E-state index contributed by atoms with van der Waals surface area (Å²) in [5.74, 6) is 0.380. The standard InChI is InChI=1S/C33H33FN8O2/c1-42(2)10-11-44-24-14-20(12-22(34)15-24)25-8-9-36-32-26(25)16-29(39-32)31-30-28(40-41-31)7-6-27(38-30)21-13-23(18-35-17-21)37-33(43)19-4-3-5-19/h6-9,12-19,33,37,43H,3-5,10-11H2,1-2H3,(H,36,39)(H,40,41). The molecule has 0 spiro atoms. The fourth-order valence-electron chi connectivity index (χ4n) is 5.50. The summed E-state index contributed by atoms with van der Waals surface area (Å²) in [7, 11) is 3.93. The second kappa shape index (κ2) is 11.7. The first-order valence-electron chi connectivity index (χ1n) is 14.7. The number of ether oxygens (including phenoxy) is 1. The number of rotatable bonds is 10. The molecule has 7 rings (SSSR count). The van der Waals surface area contributed by atoms with Gasteiger partial charge in [0.1, 0.15) is 41.3 Å². The van der Waals surface area contributed by atoms with Gasteiger partial charge in [-0.2, -0.15) is 5.10 Å². The van der Waals surface area contributed by atoms with Crippen molar-refractivity contribution in [2.75, 3.05) is 32.6 Å². The van der Waals surface area contributed by atoms with Crippen molar-refractivity contribution in [1.82, 2.24) is 35.0 Å². The number of likely N-dealkylation sites (N-methyl/N-ethyl adjacent to an activating group) is 1. The third kappa shape index (κ3) is 5.59. The van der Waals surface area contributed by atoms with Crippen molar-refractivity contribution in [2.24, 2.45) is 5.92 Å². The third-order valence-electron chi connectivity index (χ3n) is 8.13. The Morgan fingerprint density at radius 2 is 1.98 bits per heavy atom. The van der Waals surface area contributed by atoms with E-state index in [0.717, 1.165) is 64.9 Å². The number of halogens is 1. The molecule has 0 saturated heterocycles. The quantitative estimate of drug-likeness (QED) is 0.146. The second-order valence-corrected chi connectivity index (χ2v) is 11.5. The van der Waals surface area contributed by atoms with Crippen LogP contribution in [0.25, 0.3) is 55.8 Å². The van der Waals surface area contributed by atoms with Crippen LogP contribution >= 0.6 is 0 Å². The van der Waals surface area contributed by atoms with Gasteiger partial charge in [0.15, 0.2) is 0 Å². The molecular formula is C33H33FN8O2. The van der Waals surface area contributed by atoms with Crippen molar-refractivity contribution >= 4 is 27.8 Å². The van der Waals surface area contributed by atoms with Crippen LogP contribution in [0.15, 0.2) is 67.1 Å². The summed E-state index contributed by atoms with van der Waals surface area (Å²) < 4.78 is 20.5. The molecule has 1 aliphatic carbocycles. The minimum atomic E-state index is -0.591. The lowest BCUT2D eigenvalue weighted by Gasteiger charge is -2.31. The number of aromatic amines is 2. The fourth-order valence-corrected chi connectivity index (χ4v) is 5.50. The van der Waals surface area contributed by atoms with Crippen LogP contribution in [0.1, 0.15) is 19.3 Å². The van der Waals surface area contributed by atoms with E-state index in [4.69, 9.17) is 9.72 Å². The average Bonchev–Trinajstić information content (AvgIpc) is 3.59. The summed E-state index contributed by atoms with van der Waals surface area (Å²) in [6, 6.07) is 14.4. The number of hydrogen-bond donors (Lipinski definition) is 4. The molecule has 0 radical (unpaired) electrons. The Morgan fingerprint density at radius 3 is 2.80 bits per heavy atom. The van der Waals surface area contributed by atoms with E-state index in [-0.39, 0.29) is 11.7 Å². The molecule has 4 N–H and O–H groups in total. The number of fused-ring (bicyclic) bond motifs is 2. The summed E-state index contributed by atoms with van der Waals surface area (Å²) in [6.45, 7) is 1.18. The molecule has 1 fully saturated rings. The molecule has 1 saturated carbocycles. The van der Waals surface area contributed by atoms with E-state index in [1.807, 2.05) is 55.4 Å². The molecular weight excluding hydrogens is 559 g/mol. The SMILES string of the molecule is CN(C)CCOc1cc(F)cc(-c2ccnc3[nH]c(-c4n[nH]c5ccc(-c6cncc(NC(O)C7CCC7)c6)nc45)cc23)c1. The molecule has 0 aliphatic heterocycles. The molecule has 6 aromatic rings. The van der Waals surface area contributed by atoms with E-state index in [2.05, 4.69) is 30.5 Å². The minimum Gasteiger partial charge on any atom is -0.492 e. The lowest BCUT2D eigenvalue weighted by atomic mass is 9.84. The van der Waals surface area contributed by atoms with Crippen LogP contribution in [0.5, 0.6) is 5.75 Å². The van der Waals surface area contributed by atoms with Gasteiger partial charge in [0, 0.05) is 41.9 Å². The Morgan fingerprint density at radius 1 is 1.09 bits per heavy atom. The van der Waals surface area contributed by atoms with Crippen LogP contribution in [0.2, 0.25) is 0 Å². The van der Waals surface area contributed by atoms with Gasteiger partial charge in [0.25, 0.3) is 0 Å². The zero-order valence-corrected chi connectivity index (χ0v) is 24.5. The normalized spacial score (nSPS) is 14.3. The van der Waals surface area contributed by atoms with Gasteiger partial charge in [-0.3, -0.25) is 10.1 Å². The fraction of sp³-hybridized carbons (Fsp3) is 0.273. The van der Waals surface area contributed by atoms with Crippen LogP contribution in [0.3, 0.4) is 0 Å². The number of benzene rings is 1. The predicted octanol–water partition coefficient (Wildman–Crippen LogP) is 5.84. The molecule has 1 unspecified atom stereocenters. The van der Waals surface area contributed by atoms with E-state index in [1.54, 1.807) is 18.6 Å². The Bertz CT molecular complexity index is 1950.